The van der Waals surface area contributed by atoms with Crippen LogP contribution >= 0.6 is 24.0 Å². The van der Waals surface area contributed by atoms with Crippen LogP contribution in [0.4, 0.5) is 5.69 Å². The van der Waals surface area contributed by atoms with E-state index in [1.165, 1.54) is 23.9 Å². The molecule has 2 amide bonds. The number of rotatable bonds is 3. The molecule has 0 unspecified atom stereocenters. The molecule has 1 heterocycles. The Kier molecular flexibility index (Phi) is 3.17. The maximum absolute atomic E-state index is 11.4. The zero-order valence-corrected chi connectivity index (χ0v) is 9.75. The lowest BCUT2D eigenvalue weighted by Gasteiger charge is -2.13. The van der Waals surface area contributed by atoms with Gasteiger partial charge >= 0.3 is 0 Å². The summed E-state index contributed by atoms with van der Waals surface area (Å²) in [6, 6.07) is 7.09. The number of thiocarbonyl (C=S) groups is 1. The van der Waals surface area contributed by atoms with Crippen LogP contribution in [0.25, 0.3) is 0 Å². The third-order valence-corrected chi connectivity index (χ3v) is 3.02. The molecule has 0 aromatic heterocycles. The number of hydrogen-bond acceptors (Lipinski definition) is 4. The number of amides is 2. The number of anilines is 1. The second-order valence-electron chi connectivity index (χ2n) is 3.05. The Labute approximate surface area is 102 Å². The van der Waals surface area contributed by atoms with Crippen molar-refractivity contribution >= 4 is 46.2 Å². The quantitative estimate of drug-likeness (QED) is 0.467. The number of thioether (sulfide) groups is 1. The van der Waals surface area contributed by atoms with Crippen LogP contribution in [0.2, 0.25) is 0 Å². The summed E-state index contributed by atoms with van der Waals surface area (Å²) in [6.07, 6.45) is 2.53. The average Bonchev–Trinajstić information content (AvgIpc) is 2.61. The van der Waals surface area contributed by atoms with E-state index in [-0.39, 0.29) is 11.8 Å². The molecule has 0 saturated heterocycles. The molecule has 16 heavy (non-hydrogen) atoms. The van der Waals surface area contributed by atoms with Crippen molar-refractivity contribution in [3.05, 3.63) is 36.4 Å². The minimum atomic E-state index is -0.305. The lowest BCUT2D eigenvalue weighted by molar-refractivity contribution is -0.119. The van der Waals surface area contributed by atoms with Crippen LogP contribution in [0.1, 0.15) is 0 Å². The van der Waals surface area contributed by atoms with Gasteiger partial charge < -0.3 is 0 Å². The summed E-state index contributed by atoms with van der Waals surface area (Å²) in [7, 11) is 0. The van der Waals surface area contributed by atoms with Crippen molar-refractivity contribution in [1.29, 1.82) is 0 Å². The first-order valence-electron chi connectivity index (χ1n) is 4.49. The zero-order chi connectivity index (χ0) is 11.5. The predicted molar refractivity (Wildman–Crippen MR) is 67.6 cm³/mol. The Hall–Kier alpha value is -1.46. The highest BCUT2D eigenvalue weighted by atomic mass is 32.2. The van der Waals surface area contributed by atoms with E-state index in [0.717, 1.165) is 9.80 Å². The highest BCUT2D eigenvalue weighted by molar-refractivity contribution is 8.20. The van der Waals surface area contributed by atoms with Crippen molar-refractivity contribution in [1.82, 2.24) is 0 Å². The predicted octanol–water partition coefficient (Wildman–Crippen LogP) is 2.17. The number of hydrogen-bond donors (Lipinski definition) is 0. The van der Waals surface area contributed by atoms with E-state index in [0.29, 0.717) is 5.69 Å². The van der Waals surface area contributed by atoms with Gasteiger partial charge in [-0.25, -0.2) is 4.90 Å². The molecule has 0 fully saturated rings. The van der Waals surface area contributed by atoms with Crippen molar-refractivity contribution in [2.45, 2.75) is 4.90 Å². The molecule has 0 bridgehead atoms. The molecular formula is C11H7NO2S2. The largest absolute Gasteiger partial charge is 0.269 e. The molecule has 1 aromatic carbocycles. The van der Waals surface area contributed by atoms with Crippen LogP contribution in [0.5, 0.6) is 0 Å². The second-order valence-corrected chi connectivity index (χ2v) is 4.53. The standard InChI is InChI=1S/C11H7NO2S2/c13-10-5-6-11(14)12(10)8-1-3-9(4-2-8)16-7-15/h1-7H. The molecule has 1 aliphatic rings. The molecule has 1 aromatic rings. The van der Waals surface area contributed by atoms with Crippen LogP contribution < -0.4 is 4.90 Å². The minimum absolute atomic E-state index is 0.305. The van der Waals surface area contributed by atoms with Crippen LogP contribution in [0.15, 0.2) is 41.3 Å². The summed E-state index contributed by atoms with van der Waals surface area (Å²) in [5, 5.41) is 0. The molecule has 80 valence electrons. The first-order valence-corrected chi connectivity index (χ1v) is 5.84. The van der Waals surface area contributed by atoms with Gasteiger partial charge in [0.25, 0.3) is 11.8 Å². The maximum atomic E-state index is 11.4. The van der Waals surface area contributed by atoms with Crippen LogP contribution in [-0.2, 0) is 9.59 Å². The summed E-state index contributed by atoms with van der Waals surface area (Å²) >= 11 is 6.13. The van der Waals surface area contributed by atoms with Crippen molar-refractivity contribution in [3.8, 4) is 0 Å². The van der Waals surface area contributed by atoms with E-state index < -0.39 is 0 Å². The molecule has 0 N–H and O–H groups in total. The van der Waals surface area contributed by atoms with E-state index >= 15 is 0 Å². The van der Waals surface area contributed by atoms with Crippen molar-refractivity contribution < 1.29 is 9.59 Å². The first-order chi connectivity index (χ1) is 7.72. The zero-order valence-electron chi connectivity index (χ0n) is 8.12. The number of nitrogens with zero attached hydrogens (tertiary/aromatic N) is 1. The van der Waals surface area contributed by atoms with E-state index in [1.54, 1.807) is 16.8 Å². The number of benzene rings is 1. The maximum Gasteiger partial charge on any atom is 0.258 e. The smallest absolute Gasteiger partial charge is 0.258 e. The summed E-state index contributed by atoms with van der Waals surface area (Å²) in [4.78, 5) is 24.9. The van der Waals surface area contributed by atoms with Crippen LogP contribution in [-0.4, -0.2) is 16.5 Å². The molecule has 3 nitrogen and oxygen atoms in total. The summed E-state index contributed by atoms with van der Waals surface area (Å²) in [6.45, 7) is 0. The Balaban J connectivity index is 2.25. The third kappa shape index (κ3) is 2.05. The molecule has 0 saturated carbocycles. The summed E-state index contributed by atoms with van der Waals surface area (Å²) < 4.78 is 1.56. The monoisotopic (exact) mass is 249 g/mol. The van der Waals surface area contributed by atoms with Gasteiger partial charge in [-0.05, 0) is 24.3 Å². The fraction of sp³-hybridized carbons (Fsp3) is 0. The fourth-order valence-electron chi connectivity index (χ4n) is 1.38. The van der Waals surface area contributed by atoms with Gasteiger partial charge in [0, 0.05) is 21.7 Å². The van der Waals surface area contributed by atoms with Gasteiger partial charge in [-0.2, -0.15) is 0 Å². The molecule has 2 rings (SSSR count). The Morgan fingerprint density at radius 1 is 1.06 bits per heavy atom. The Morgan fingerprint density at radius 2 is 1.62 bits per heavy atom. The van der Waals surface area contributed by atoms with Gasteiger partial charge in [-0.1, -0.05) is 24.0 Å². The number of carbonyl (C=O) groups excluding carboxylic acids is 2. The van der Waals surface area contributed by atoms with E-state index in [1.807, 2.05) is 12.1 Å². The van der Waals surface area contributed by atoms with Crippen LogP contribution in [0, 0.1) is 0 Å². The van der Waals surface area contributed by atoms with Crippen molar-refractivity contribution in [3.63, 3.8) is 0 Å². The van der Waals surface area contributed by atoms with Crippen molar-refractivity contribution in [2.75, 3.05) is 4.90 Å². The van der Waals surface area contributed by atoms with Gasteiger partial charge in [0.2, 0.25) is 0 Å². The number of imide groups is 1. The Bertz CT molecular complexity index is 461. The van der Waals surface area contributed by atoms with Gasteiger partial charge in [-0.15, -0.1) is 0 Å². The normalized spacial score (nSPS) is 14.6. The molecule has 0 aliphatic carbocycles. The van der Waals surface area contributed by atoms with E-state index in [4.69, 9.17) is 12.2 Å². The van der Waals surface area contributed by atoms with Gasteiger partial charge in [0.15, 0.2) is 0 Å². The second kappa shape index (κ2) is 4.59. The van der Waals surface area contributed by atoms with Crippen LogP contribution in [0.3, 0.4) is 0 Å². The summed E-state index contributed by atoms with van der Waals surface area (Å²) in [5.74, 6) is -0.611. The first kappa shape index (κ1) is 11.0. The molecule has 5 heteroatoms. The SMILES string of the molecule is O=C1C=CC(=O)N1c1ccc(SC=S)cc1. The average molecular weight is 249 g/mol. The molecule has 0 radical (unpaired) electrons. The molecule has 0 spiro atoms. The highest BCUT2D eigenvalue weighted by Gasteiger charge is 2.24. The Morgan fingerprint density at radius 3 is 2.12 bits per heavy atom. The molecular weight excluding hydrogens is 242 g/mol. The topological polar surface area (TPSA) is 37.4 Å². The number of carbonyl (C=O) groups is 2. The lowest BCUT2D eigenvalue weighted by atomic mass is 10.3. The highest BCUT2D eigenvalue weighted by Crippen LogP contribution is 2.23. The van der Waals surface area contributed by atoms with Gasteiger partial charge in [0.1, 0.15) is 0 Å². The molecule has 1 aliphatic heterocycles. The third-order valence-electron chi connectivity index (χ3n) is 2.09. The van der Waals surface area contributed by atoms with Gasteiger partial charge in [0.05, 0.1) is 5.69 Å². The van der Waals surface area contributed by atoms with E-state index in [9.17, 15) is 9.59 Å². The van der Waals surface area contributed by atoms with Gasteiger partial charge in [-0.3, -0.25) is 9.59 Å². The van der Waals surface area contributed by atoms with E-state index in [2.05, 4.69) is 0 Å². The minimum Gasteiger partial charge on any atom is -0.269 e. The molecule has 0 atom stereocenters. The lowest BCUT2D eigenvalue weighted by Crippen LogP contribution is -2.29. The van der Waals surface area contributed by atoms with Crippen molar-refractivity contribution in [2.24, 2.45) is 0 Å². The fourth-order valence-corrected chi connectivity index (χ4v) is 2.12. The summed E-state index contributed by atoms with van der Waals surface area (Å²) in [5.41, 5.74) is 0.578.